The Balaban J connectivity index is 2.04. The van der Waals surface area contributed by atoms with Crippen LogP contribution in [0.4, 0.5) is 11.4 Å². The fraction of sp³-hybridized carbons (Fsp3) is 0.211. The van der Waals surface area contributed by atoms with E-state index in [-0.39, 0.29) is 11.5 Å². The van der Waals surface area contributed by atoms with E-state index in [0.717, 1.165) is 35.6 Å². The smallest absolute Gasteiger partial charge is 0.339 e. The van der Waals surface area contributed by atoms with Crippen LogP contribution in [0.2, 0.25) is 0 Å². The molecule has 0 aliphatic carbocycles. The van der Waals surface area contributed by atoms with Gasteiger partial charge in [0.05, 0.1) is 15.9 Å². The van der Waals surface area contributed by atoms with Crippen molar-refractivity contribution in [3.8, 4) is 11.5 Å². The Labute approximate surface area is 158 Å². The SMILES string of the molecule is CCCc1c(C)c2ccc(Oc3ccc([N+](=O)[O-])cc3[N+](=O)[O-])cc2oc1=O. The molecule has 2 aromatic carbocycles. The molecule has 0 spiro atoms. The van der Waals surface area contributed by atoms with Gasteiger partial charge in [0.15, 0.2) is 0 Å². The maximum absolute atomic E-state index is 12.2. The summed E-state index contributed by atoms with van der Waals surface area (Å²) in [5, 5.41) is 22.8. The fourth-order valence-electron chi connectivity index (χ4n) is 2.95. The fourth-order valence-corrected chi connectivity index (χ4v) is 2.95. The molecule has 0 saturated carbocycles. The average molecular weight is 384 g/mol. The second kappa shape index (κ2) is 7.47. The molecule has 1 aromatic heterocycles. The van der Waals surface area contributed by atoms with Gasteiger partial charge < -0.3 is 9.15 Å². The lowest BCUT2D eigenvalue weighted by molar-refractivity contribution is -0.394. The molecule has 0 N–H and O–H groups in total. The van der Waals surface area contributed by atoms with E-state index in [9.17, 15) is 25.0 Å². The van der Waals surface area contributed by atoms with Crippen molar-refractivity contribution in [2.45, 2.75) is 26.7 Å². The second-order valence-corrected chi connectivity index (χ2v) is 6.17. The highest BCUT2D eigenvalue weighted by Gasteiger charge is 2.21. The largest absolute Gasteiger partial charge is 0.450 e. The zero-order valence-electron chi connectivity index (χ0n) is 15.1. The van der Waals surface area contributed by atoms with Crippen LogP contribution in [0.25, 0.3) is 11.0 Å². The molecular weight excluding hydrogens is 368 g/mol. The van der Waals surface area contributed by atoms with Gasteiger partial charge in [-0.05, 0) is 37.1 Å². The number of nitro benzene ring substituents is 2. The first-order valence-corrected chi connectivity index (χ1v) is 8.48. The average Bonchev–Trinajstić information content (AvgIpc) is 2.65. The summed E-state index contributed by atoms with van der Waals surface area (Å²) in [5.41, 5.74) is 0.359. The molecule has 0 atom stereocenters. The van der Waals surface area contributed by atoms with Crippen molar-refractivity contribution in [1.82, 2.24) is 0 Å². The Morgan fingerprint density at radius 3 is 2.46 bits per heavy atom. The van der Waals surface area contributed by atoms with Gasteiger partial charge in [0, 0.05) is 23.1 Å². The van der Waals surface area contributed by atoms with Crippen LogP contribution in [-0.4, -0.2) is 9.85 Å². The van der Waals surface area contributed by atoms with E-state index in [4.69, 9.17) is 9.15 Å². The van der Waals surface area contributed by atoms with Crippen LogP contribution >= 0.6 is 0 Å². The monoisotopic (exact) mass is 384 g/mol. The zero-order chi connectivity index (χ0) is 20.4. The third kappa shape index (κ3) is 3.54. The minimum absolute atomic E-state index is 0.156. The van der Waals surface area contributed by atoms with Gasteiger partial charge in [0.25, 0.3) is 5.69 Å². The van der Waals surface area contributed by atoms with E-state index < -0.39 is 26.8 Å². The third-order valence-electron chi connectivity index (χ3n) is 4.34. The van der Waals surface area contributed by atoms with Crippen LogP contribution in [0.15, 0.2) is 45.6 Å². The lowest BCUT2D eigenvalue weighted by atomic mass is 10.0. The molecule has 9 nitrogen and oxygen atoms in total. The maximum Gasteiger partial charge on any atom is 0.339 e. The predicted octanol–water partition coefficient (Wildman–Crippen LogP) is 4.66. The van der Waals surface area contributed by atoms with Gasteiger partial charge in [-0.3, -0.25) is 20.2 Å². The van der Waals surface area contributed by atoms with Crippen LogP contribution in [0.5, 0.6) is 11.5 Å². The van der Waals surface area contributed by atoms with Crippen LogP contribution in [-0.2, 0) is 6.42 Å². The minimum Gasteiger partial charge on any atom is -0.450 e. The summed E-state index contributed by atoms with van der Waals surface area (Å²) in [7, 11) is 0. The van der Waals surface area contributed by atoms with Crippen LogP contribution < -0.4 is 10.4 Å². The Kier molecular flexibility index (Phi) is 5.08. The number of hydrogen-bond acceptors (Lipinski definition) is 7. The van der Waals surface area contributed by atoms with Crippen LogP contribution in [0.3, 0.4) is 0 Å². The molecule has 3 rings (SSSR count). The number of fused-ring (bicyclic) bond motifs is 1. The number of non-ortho nitro benzene ring substituents is 1. The van der Waals surface area contributed by atoms with E-state index in [0.29, 0.717) is 17.6 Å². The van der Waals surface area contributed by atoms with Crippen LogP contribution in [0, 0.1) is 27.2 Å². The van der Waals surface area contributed by atoms with Gasteiger partial charge >= 0.3 is 11.3 Å². The molecule has 0 aliphatic heterocycles. The lowest BCUT2D eigenvalue weighted by Crippen LogP contribution is -2.09. The number of nitrogens with zero attached hydrogens (tertiary/aromatic N) is 2. The Morgan fingerprint density at radius 1 is 1.07 bits per heavy atom. The van der Waals surface area contributed by atoms with Gasteiger partial charge in [0.1, 0.15) is 11.3 Å². The Hall–Kier alpha value is -3.75. The standard InChI is InChI=1S/C19H16N2O7/c1-3-4-15-11(2)14-7-6-13(10-18(14)28-19(15)22)27-17-8-5-12(20(23)24)9-16(17)21(25)26/h5-10H,3-4H2,1-2H3. The number of nitro groups is 2. The molecular formula is C19H16N2O7. The van der Waals surface area contributed by atoms with Crippen molar-refractivity contribution in [3.63, 3.8) is 0 Å². The summed E-state index contributed by atoms with van der Waals surface area (Å²) in [4.78, 5) is 32.8. The molecule has 0 bridgehead atoms. The van der Waals surface area contributed by atoms with Gasteiger partial charge in [0.2, 0.25) is 5.75 Å². The summed E-state index contributed by atoms with van der Waals surface area (Å²) in [5.74, 6) is 0.0480. The summed E-state index contributed by atoms with van der Waals surface area (Å²) >= 11 is 0. The second-order valence-electron chi connectivity index (χ2n) is 6.17. The summed E-state index contributed by atoms with van der Waals surface area (Å²) < 4.78 is 10.9. The third-order valence-corrected chi connectivity index (χ3v) is 4.34. The first-order valence-electron chi connectivity index (χ1n) is 8.48. The highest BCUT2D eigenvalue weighted by Crippen LogP contribution is 2.35. The number of hydrogen-bond donors (Lipinski definition) is 0. The van der Waals surface area contributed by atoms with E-state index in [1.165, 1.54) is 6.07 Å². The highest BCUT2D eigenvalue weighted by atomic mass is 16.6. The maximum atomic E-state index is 12.2. The van der Waals surface area contributed by atoms with Gasteiger partial charge in [-0.15, -0.1) is 0 Å². The number of rotatable bonds is 6. The molecule has 0 aliphatic rings. The molecule has 1 heterocycles. The summed E-state index contributed by atoms with van der Waals surface area (Å²) in [6.45, 7) is 3.81. The minimum atomic E-state index is -0.759. The summed E-state index contributed by atoms with van der Waals surface area (Å²) in [6, 6.07) is 7.87. The van der Waals surface area contributed by atoms with Gasteiger partial charge in [-0.2, -0.15) is 0 Å². The molecule has 28 heavy (non-hydrogen) atoms. The summed E-state index contributed by atoms with van der Waals surface area (Å²) in [6.07, 6.45) is 1.42. The Morgan fingerprint density at radius 2 is 1.82 bits per heavy atom. The molecule has 0 fully saturated rings. The first-order chi connectivity index (χ1) is 13.3. The number of aryl methyl sites for hydroxylation is 1. The molecule has 0 unspecified atom stereocenters. The van der Waals surface area contributed by atoms with Crippen molar-refractivity contribution in [2.24, 2.45) is 0 Å². The van der Waals surface area contributed by atoms with E-state index in [1.54, 1.807) is 12.1 Å². The first kappa shape index (κ1) is 19.0. The van der Waals surface area contributed by atoms with Crippen molar-refractivity contribution >= 4 is 22.3 Å². The molecule has 0 amide bonds. The van der Waals surface area contributed by atoms with Crippen LogP contribution in [0.1, 0.15) is 24.5 Å². The van der Waals surface area contributed by atoms with Crippen molar-refractivity contribution in [2.75, 3.05) is 0 Å². The Bertz CT molecular complexity index is 1150. The molecule has 9 heteroatoms. The molecule has 144 valence electrons. The molecule has 0 radical (unpaired) electrons. The van der Waals surface area contributed by atoms with E-state index >= 15 is 0 Å². The lowest BCUT2D eigenvalue weighted by Gasteiger charge is -2.09. The van der Waals surface area contributed by atoms with E-state index in [1.807, 2.05) is 13.8 Å². The number of ether oxygens (including phenoxy) is 1. The van der Waals surface area contributed by atoms with Crippen molar-refractivity contribution in [3.05, 3.63) is 78.2 Å². The highest BCUT2D eigenvalue weighted by molar-refractivity contribution is 5.82. The van der Waals surface area contributed by atoms with Gasteiger partial charge in [-0.1, -0.05) is 13.3 Å². The quantitative estimate of drug-likeness (QED) is 0.343. The topological polar surface area (TPSA) is 126 Å². The molecule has 0 saturated heterocycles. The predicted molar refractivity (Wildman–Crippen MR) is 101 cm³/mol. The molecule has 3 aromatic rings. The number of benzene rings is 2. The normalized spacial score (nSPS) is 10.8. The van der Waals surface area contributed by atoms with Gasteiger partial charge in [-0.25, -0.2) is 4.79 Å². The van der Waals surface area contributed by atoms with E-state index in [2.05, 4.69) is 0 Å². The zero-order valence-corrected chi connectivity index (χ0v) is 15.1. The van der Waals surface area contributed by atoms with Crippen molar-refractivity contribution < 1.29 is 19.0 Å². The van der Waals surface area contributed by atoms with Crippen molar-refractivity contribution in [1.29, 1.82) is 0 Å².